The maximum absolute atomic E-state index is 13.2. The molecular formula is C24H19N3O3. The van der Waals surface area contributed by atoms with Crippen LogP contribution in [0.2, 0.25) is 0 Å². The summed E-state index contributed by atoms with van der Waals surface area (Å²) in [6, 6.07) is 10.9. The van der Waals surface area contributed by atoms with Crippen molar-refractivity contribution < 1.29 is 15.0 Å². The second-order valence-corrected chi connectivity index (χ2v) is 6.33. The van der Waals surface area contributed by atoms with Crippen molar-refractivity contribution in [2.75, 3.05) is 4.90 Å². The summed E-state index contributed by atoms with van der Waals surface area (Å²) in [6.45, 7) is 1.81. The first-order valence-corrected chi connectivity index (χ1v) is 9.06. The van der Waals surface area contributed by atoms with Gasteiger partial charge in [0.15, 0.2) is 5.84 Å². The summed E-state index contributed by atoms with van der Waals surface area (Å²) in [4.78, 5) is 18.8. The average molecular weight is 397 g/mol. The van der Waals surface area contributed by atoms with E-state index in [4.69, 9.17) is 11.8 Å². The number of amidine groups is 2. The number of terminal acetylenes is 1. The molecule has 6 nitrogen and oxygen atoms in total. The van der Waals surface area contributed by atoms with Gasteiger partial charge < -0.3 is 10.2 Å². The Hall–Kier alpha value is -4.37. The van der Waals surface area contributed by atoms with Crippen molar-refractivity contribution in [2.45, 2.75) is 6.92 Å². The predicted molar refractivity (Wildman–Crippen MR) is 119 cm³/mol. The normalized spacial score (nSPS) is 15.8. The van der Waals surface area contributed by atoms with E-state index in [1.165, 1.54) is 35.3 Å². The molecule has 0 saturated carbocycles. The third-order valence-electron chi connectivity index (χ3n) is 4.31. The van der Waals surface area contributed by atoms with Gasteiger partial charge in [0.2, 0.25) is 0 Å². The van der Waals surface area contributed by atoms with Crippen molar-refractivity contribution in [3.8, 4) is 23.8 Å². The molecule has 0 fully saturated rings. The van der Waals surface area contributed by atoms with Gasteiger partial charge in [0.25, 0.3) is 5.91 Å². The van der Waals surface area contributed by atoms with Gasteiger partial charge in [-0.1, -0.05) is 18.1 Å². The van der Waals surface area contributed by atoms with E-state index in [2.05, 4.69) is 10.9 Å². The number of nitrogens with zero attached hydrogens (tertiary/aromatic N) is 2. The summed E-state index contributed by atoms with van der Waals surface area (Å²) in [5.41, 5.74) is 1.68. The van der Waals surface area contributed by atoms with Gasteiger partial charge in [-0.2, -0.15) is 0 Å². The second kappa shape index (κ2) is 8.76. The Labute approximate surface area is 174 Å². The molecule has 30 heavy (non-hydrogen) atoms. The number of hydrogen-bond acceptors (Lipinski definition) is 4. The van der Waals surface area contributed by atoms with Crippen LogP contribution in [-0.4, -0.2) is 27.8 Å². The number of rotatable bonds is 4. The van der Waals surface area contributed by atoms with Gasteiger partial charge in [-0.05, 0) is 67.6 Å². The zero-order valence-electron chi connectivity index (χ0n) is 16.2. The third kappa shape index (κ3) is 4.21. The number of carbonyl (C=O) groups excluding carboxylic acids is 1. The number of anilines is 1. The molecule has 0 bridgehead atoms. The van der Waals surface area contributed by atoms with E-state index in [1.54, 1.807) is 42.5 Å². The lowest BCUT2D eigenvalue weighted by Crippen LogP contribution is -2.42. The highest BCUT2D eigenvalue weighted by Gasteiger charge is 2.30. The summed E-state index contributed by atoms with van der Waals surface area (Å²) in [6.07, 6.45) is 13.4. The summed E-state index contributed by atoms with van der Waals surface area (Å²) in [5, 5.41) is 27.8. The quantitative estimate of drug-likeness (QED) is 0.413. The summed E-state index contributed by atoms with van der Waals surface area (Å²) in [7, 11) is 0. The van der Waals surface area contributed by atoms with Gasteiger partial charge in [-0.15, -0.1) is 6.42 Å². The minimum absolute atomic E-state index is 0.0137. The first-order valence-electron chi connectivity index (χ1n) is 9.06. The Morgan fingerprint density at radius 1 is 1.13 bits per heavy atom. The van der Waals surface area contributed by atoms with Crippen molar-refractivity contribution in [1.29, 1.82) is 5.41 Å². The van der Waals surface area contributed by atoms with Crippen LogP contribution >= 0.6 is 0 Å². The van der Waals surface area contributed by atoms with Crippen molar-refractivity contribution in [3.05, 3.63) is 83.5 Å². The standard InChI is InChI=1S/C24H19N3O3/c1-3-5-6-20-23(25)26-22(14-9-17-15-19(28)12-13-21(17)29)27(24(20)30)18-10-7-16(4-2)8-11-18/h2-3,5-15,25,28-29H,1H3/b5-3-,14-9+,20-6+,25-23?. The minimum atomic E-state index is -0.415. The highest BCUT2D eigenvalue weighted by molar-refractivity contribution is 6.40. The monoisotopic (exact) mass is 397 g/mol. The smallest absolute Gasteiger partial charge is 0.267 e. The number of amides is 1. The third-order valence-corrected chi connectivity index (χ3v) is 4.31. The number of carbonyl (C=O) groups is 1. The van der Waals surface area contributed by atoms with Crippen LogP contribution < -0.4 is 4.90 Å². The number of nitrogens with one attached hydrogen (secondary N) is 1. The Balaban J connectivity index is 2.09. The van der Waals surface area contributed by atoms with Crippen molar-refractivity contribution >= 4 is 29.3 Å². The maximum atomic E-state index is 13.2. The van der Waals surface area contributed by atoms with Crippen LogP contribution in [0.1, 0.15) is 18.1 Å². The lowest BCUT2D eigenvalue weighted by atomic mass is 10.1. The van der Waals surface area contributed by atoms with Gasteiger partial charge in [0.05, 0.1) is 11.3 Å². The molecule has 0 radical (unpaired) electrons. The molecule has 1 aliphatic heterocycles. The molecule has 6 heteroatoms. The number of phenols is 2. The van der Waals surface area contributed by atoms with E-state index >= 15 is 0 Å². The summed E-state index contributed by atoms with van der Waals surface area (Å²) < 4.78 is 0. The fraction of sp³-hybridized carbons (Fsp3) is 0.0417. The topological polar surface area (TPSA) is 97.0 Å². The van der Waals surface area contributed by atoms with Crippen LogP contribution in [0.25, 0.3) is 6.08 Å². The molecule has 148 valence electrons. The predicted octanol–water partition coefficient (Wildman–Crippen LogP) is 4.02. The second-order valence-electron chi connectivity index (χ2n) is 6.33. The Bertz CT molecular complexity index is 1160. The zero-order valence-corrected chi connectivity index (χ0v) is 16.2. The largest absolute Gasteiger partial charge is 0.508 e. The Kier molecular flexibility index (Phi) is 5.94. The number of aromatic hydroxyl groups is 2. The van der Waals surface area contributed by atoms with Crippen LogP contribution in [0.5, 0.6) is 11.5 Å². The molecule has 2 aromatic carbocycles. The molecule has 1 heterocycles. The van der Waals surface area contributed by atoms with E-state index in [0.29, 0.717) is 16.8 Å². The minimum Gasteiger partial charge on any atom is -0.508 e. The van der Waals surface area contributed by atoms with E-state index in [0.717, 1.165) is 0 Å². The van der Waals surface area contributed by atoms with E-state index in [1.807, 2.05) is 6.92 Å². The summed E-state index contributed by atoms with van der Waals surface area (Å²) >= 11 is 0. The molecule has 1 aliphatic rings. The van der Waals surface area contributed by atoms with Crippen LogP contribution in [0.4, 0.5) is 5.69 Å². The number of hydrogen-bond donors (Lipinski definition) is 3. The molecule has 0 aliphatic carbocycles. The molecule has 0 spiro atoms. The van der Waals surface area contributed by atoms with Crippen molar-refractivity contribution in [3.63, 3.8) is 0 Å². The molecule has 1 amide bonds. The van der Waals surface area contributed by atoms with E-state index < -0.39 is 5.91 Å². The molecule has 0 atom stereocenters. The molecule has 0 saturated heterocycles. The number of benzene rings is 2. The van der Waals surface area contributed by atoms with Crippen LogP contribution in [0.3, 0.4) is 0 Å². The van der Waals surface area contributed by atoms with E-state index in [9.17, 15) is 15.0 Å². The van der Waals surface area contributed by atoms with Gasteiger partial charge in [0, 0.05) is 11.1 Å². The molecular weight excluding hydrogens is 378 g/mol. The average Bonchev–Trinajstić information content (AvgIpc) is 2.74. The highest BCUT2D eigenvalue weighted by Crippen LogP contribution is 2.26. The lowest BCUT2D eigenvalue weighted by Gasteiger charge is -2.27. The highest BCUT2D eigenvalue weighted by atomic mass is 16.3. The van der Waals surface area contributed by atoms with Crippen LogP contribution in [0, 0.1) is 17.8 Å². The molecule has 0 unspecified atom stereocenters. The number of phenolic OH excluding ortho intramolecular Hbond substituents is 2. The molecule has 3 rings (SSSR count). The van der Waals surface area contributed by atoms with Gasteiger partial charge in [0.1, 0.15) is 17.3 Å². The van der Waals surface area contributed by atoms with Crippen LogP contribution in [0.15, 0.2) is 77.3 Å². The molecule has 3 N–H and O–H groups in total. The summed E-state index contributed by atoms with van der Waals surface area (Å²) in [5.74, 6) is 2.08. The lowest BCUT2D eigenvalue weighted by molar-refractivity contribution is -0.113. The SMILES string of the molecule is C#Cc1ccc(N2C(=O)/C(=C/C=C\C)C(=N)N=C2/C=C/c2cc(O)ccc2O)cc1. The molecule has 2 aromatic rings. The van der Waals surface area contributed by atoms with Crippen molar-refractivity contribution in [1.82, 2.24) is 0 Å². The van der Waals surface area contributed by atoms with Gasteiger partial charge in [-0.3, -0.25) is 15.1 Å². The van der Waals surface area contributed by atoms with Crippen LogP contribution in [-0.2, 0) is 4.79 Å². The number of allylic oxidation sites excluding steroid dienone is 3. The first-order chi connectivity index (χ1) is 14.4. The zero-order chi connectivity index (χ0) is 21.7. The van der Waals surface area contributed by atoms with Gasteiger partial charge in [-0.25, -0.2) is 4.99 Å². The first kappa shape index (κ1) is 20.4. The fourth-order valence-corrected chi connectivity index (χ4v) is 2.80. The van der Waals surface area contributed by atoms with Crippen molar-refractivity contribution in [2.24, 2.45) is 4.99 Å². The number of aliphatic imine (C=N–C) groups is 1. The fourth-order valence-electron chi connectivity index (χ4n) is 2.80. The van der Waals surface area contributed by atoms with Gasteiger partial charge >= 0.3 is 0 Å². The maximum Gasteiger partial charge on any atom is 0.267 e. The molecule has 0 aromatic heterocycles. The Morgan fingerprint density at radius 3 is 2.53 bits per heavy atom. The Morgan fingerprint density at radius 2 is 1.87 bits per heavy atom. The van der Waals surface area contributed by atoms with E-state index in [-0.39, 0.29) is 28.7 Å².